The summed E-state index contributed by atoms with van der Waals surface area (Å²) in [5.41, 5.74) is 5.92. The van der Waals surface area contributed by atoms with Crippen molar-refractivity contribution in [3.05, 3.63) is 11.7 Å². The van der Waals surface area contributed by atoms with E-state index >= 15 is 0 Å². The molecule has 1 heterocycles. The molecule has 1 aromatic rings. The van der Waals surface area contributed by atoms with Crippen LogP contribution < -0.4 is 5.73 Å². The van der Waals surface area contributed by atoms with Crippen molar-refractivity contribution in [3.63, 3.8) is 0 Å². The van der Waals surface area contributed by atoms with Gasteiger partial charge in [-0.2, -0.15) is 4.98 Å². The van der Waals surface area contributed by atoms with E-state index in [1.807, 2.05) is 34.6 Å². The molecule has 0 spiro atoms. The summed E-state index contributed by atoms with van der Waals surface area (Å²) in [6.07, 6.45) is -0.158. The number of rotatable bonds is 4. The molecule has 92 valence electrons. The summed E-state index contributed by atoms with van der Waals surface area (Å²) in [5.74, 6) is 1.02. The van der Waals surface area contributed by atoms with Crippen LogP contribution in [0.25, 0.3) is 0 Å². The van der Waals surface area contributed by atoms with Crippen molar-refractivity contribution in [2.75, 3.05) is 6.61 Å². The van der Waals surface area contributed by atoms with Gasteiger partial charge < -0.3 is 15.0 Å². The second-order valence-corrected chi connectivity index (χ2v) is 4.93. The molecule has 16 heavy (non-hydrogen) atoms. The van der Waals surface area contributed by atoms with Gasteiger partial charge in [-0.1, -0.05) is 25.9 Å². The highest BCUT2D eigenvalue weighted by atomic mass is 16.5. The second-order valence-electron chi connectivity index (χ2n) is 4.93. The van der Waals surface area contributed by atoms with E-state index in [1.165, 1.54) is 0 Å². The van der Waals surface area contributed by atoms with E-state index in [0.29, 0.717) is 18.3 Å². The summed E-state index contributed by atoms with van der Waals surface area (Å²) in [6, 6.07) is -0.262. The SMILES string of the molecule is CCOC(C)c1noc([C@H](N)C(C)(C)C)n1. The first kappa shape index (κ1) is 13.1. The van der Waals surface area contributed by atoms with E-state index in [0.717, 1.165) is 0 Å². The second kappa shape index (κ2) is 4.93. The van der Waals surface area contributed by atoms with Crippen molar-refractivity contribution in [1.29, 1.82) is 0 Å². The maximum Gasteiger partial charge on any atom is 0.244 e. The maximum absolute atomic E-state index is 6.02. The molecule has 0 saturated heterocycles. The first-order chi connectivity index (χ1) is 7.36. The van der Waals surface area contributed by atoms with Crippen LogP contribution in [0.4, 0.5) is 0 Å². The summed E-state index contributed by atoms with van der Waals surface area (Å²) in [5, 5.41) is 3.88. The molecule has 1 rings (SSSR count). The third-order valence-electron chi connectivity index (χ3n) is 2.44. The molecule has 0 radical (unpaired) electrons. The fourth-order valence-corrected chi connectivity index (χ4v) is 1.23. The number of nitrogens with zero attached hydrogens (tertiary/aromatic N) is 2. The van der Waals surface area contributed by atoms with Crippen LogP contribution in [0, 0.1) is 5.41 Å². The normalized spacial score (nSPS) is 16.1. The molecule has 1 unspecified atom stereocenters. The lowest BCUT2D eigenvalue weighted by atomic mass is 9.87. The number of ether oxygens (including phenoxy) is 1. The Bertz CT molecular complexity index is 330. The quantitative estimate of drug-likeness (QED) is 0.853. The van der Waals surface area contributed by atoms with Gasteiger partial charge in [-0.05, 0) is 19.3 Å². The van der Waals surface area contributed by atoms with Crippen molar-refractivity contribution >= 4 is 0 Å². The zero-order chi connectivity index (χ0) is 12.3. The van der Waals surface area contributed by atoms with Gasteiger partial charge in [0.1, 0.15) is 6.10 Å². The third-order valence-corrected chi connectivity index (χ3v) is 2.44. The Morgan fingerprint density at radius 3 is 2.56 bits per heavy atom. The first-order valence-electron chi connectivity index (χ1n) is 5.57. The number of hydrogen-bond donors (Lipinski definition) is 1. The minimum Gasteiger partial charge on any atom is -0.371 e. The van der Waals surface area contributed by atoms with E-state index in [2.05, 4.69) is 10.1 Å². The monoisotopic (exact) mass is 227 g/mol. The van der Waals surface area contributed by atoms with E-state index in [4.69, 9.17) is 15.0 Å². The van der Waals surface area contributed by atoms with Crippen LogP contribution in [0.1, 0.15) is 58.5 Å². The van der Waals surface area contributed by atoms with Gasteiger partial charge in [-0.25, -0.2) is 0 Å². The van der Waals surface area contributed by atoms with Gasteiger partial charge in [0, 0.05) is 6.61 Å². The minimum absolute atomic E-state index is 0.0986. The zero-order valence-corrected chi connectivity index (χ0v) is 10.7. The molecule has 5 nitrogen and oxygen atoms in total. The van der Waals surface area contributed by atoms with Crippen molar-refractivity contribution in [3.8, 4) is 0 Å². The van der Waals surface area contributed by atoms with Crippen LogP contribution in [0.3, 0.4) is 0 Å². The standard InChI is InChI=1S/C11H21N3O2/c1-6-15-7(2)9-13-10(16-14-9)8(12)11(3,4)5/h7-8H,6,12H2,1-5H3/t7?,8-/m0/s1. The molecule has 2 atom stereocenters. The van der Waals surface area contributed by atoms with Crippen molar-refractivity contribution in [2.45, 2.75) is 46.8 Å². The van der Waals surface area contributed by atoms with Crippen molar-refractivity contribution in [1.82, 2.24) is 10.1 Å². The van der Waals surface area contributed by atoms with Crippen LogP contribution in [-0.2, 0) is 4.74 Å². The molecule has 0 bridgehead atoms. The smallest absolute Gasteiger partial charge is 0.244 e. The van der Waals surface area contributed by atoms with Gasteiger partial charge in [0.2, 0.25) is 5.89 Å². The average molecular weight is 227 g/mol. The van der Waals surface area contributed by atoms with Crippen LogP contribution in [-0.4, -0.2) is 16.7 Å². The topological polar surface area (TPSA) is 74.2 Å². The van der Waals surface area contributed by atoms with E-state index in [1.54, 1.807) is 0 Å². The summed E-state index contributed by atoms with van der Waals surface area (Å²) in [7, 11) is 0. The number of aromatic nitrogens is 2. The average Bonchev–Trinajstić information content (AvgIpc) is 2.64. The Morgan fingerprint density at radius 1 is 1.44 bits per heavy atom. The maximum atomic E-state index is 6.02. The first-order valence-corrected chi connectivity index (χ1v) is 5.57. The summed E-state index contributed by atoms with van der Waals surface area (Å²) < 4.78 is 10.5. The lowest BCUT2D eigenvalue weighted by Gasteiger charge is -2.23. The lowest BCUT2D eigenvalue weighted by molar-refractivity contribution is 0.0683. The Balaban J connectivity index is 2.79. The van der Waals surface area contributed by atoms with Crippen LogP contribution in [0.2, 0.25) is 0 Å². The van der Waals surface area contributed by atoms with Crippen molar-refractivity contribution < 1.29 is 9.26 Å². The fraction of sp³-hybridized carbons (Fsp3) is 0.818. The third kappa shape index (κ3) is 3.02. The molecule has 0 fully saturated rings. The van der Waals surface area contributed by atoms with E-state index in [9.17, 15) is 0 Å². The summed E-state index contributed by atoms with van der Waals surface area (Å²) in [4.78, 5) is 4.27. The number of hydrogen-bond acceptors (Lipinski definition) is 5. The highest BCUT2D eigenvalue weighted by Gasteiger charge is 2.28. The molecule has 0 amide bonds. The molecular weight excluding hydrogens is 206 g/mol. The molecule has 0 saturated carbocycles. The molecular formula is C11H21N3O2. The van der Waals surface area contributed by atoms with Gasteiger partial charge in [0.15, 0.2) is 5.82 Å². The van der Waals surface area contributed by atoms with E-state index < -0.39 is 0 Å². The fourth-order valence-electron chi connectivity index (χ4n) is 1.23. The van der Waals surface area contributed by atoms with Crippen LogP contribution in [0.5, 0.6) is 0 Å². The molecule has 0 aromatic carbocycles. The molecule has 0 aliphatic rings. The highest BCUT2D eigenvalue weighted by Crippen LogP contribution is 2.29. The predicted molar refractivity (Wildman–Crippen MR) is 60.7 cm³/mol. The van der Waals surface area contributed by atoms with Crippen LogP contribution >= 0.6 is 0 Å². The van der Waals surface area contributed by atoms with Crippen molar-refractivity contribution in [2.24, 2.45) is 11.1 Å². The predicted octanol–water partition coefficient (Wildman–Crippen LogP) is 2.21. The van der Waals surface area contributed by atoms with Gasteiger partial charge in [-0.15, -0.1) is 0 Å². The highest BCUT2D eigenvalue weighted by molar-refractivity contribution is 4.97. The number of nitrogens with two attached hydrogens (primary N) is 1. The summed E-state index contributed by atoms with van der Waals surface area (Å²) >= 11 is 0. The van der Waals surface area contributed by atoms with Gasteiger partial charge in [-0.3, -0.25) is 0 Å². The Labute approximate surface area is 96.4 Å². The minimum atomic E-state index is -0.262. The van der Waals surface area contributed by atoms with E-state index in [-0.39, 0.29) is 17.6 Å². The van der Waals surface area contributed by atoms with Gasteiger partial charge in [0.05, 0.1) is 6.04 Å². The summed E-state index contributed by atoms with van der Waals surface area (Å²) in [6.45, 7) is 10.5. The largest absolute Gasteiger partial charge is 0.371 e. The lowest BCUT2D eigenvalue weighted by Crippen LogP contribution is -2.26. The molecule has 0 aliphatic carbocycles. The Hall–Kier alpha value is -0.940. The molecule has 1 aromatic heterocycles. The van der Waals surface area contributed by atoms with Gasteiger partial charge >= 0.3 is 0 Å². The Kier molecular flexibility index (Phi) is 4.04. The zero-order valence-electron chi connectivity index (χ0n) is 10.7. The molecule has 2 N–H and O–H groups in total. The van der Waals surface area contributed by atoms with Crippen LogP contribution in [0.15, 0.2) is 4.52 Å². The Morgan fingerprint density at radius 2 is 2.06 bits per heavy atom. The molecule has 0 aliphatic heterocycles. The molecule has 5 heteroatoms. The van der Waals surface area contributed by atoms with Gasteiger partial charge in [0.25, 0.3) is 0 Å².